The van der Waals surface area contributed by atoms with Gasteiger partial charge < -0.3 is 14.2 Å². The number of benzene rings is 3. The predicted molar refractivity (Wildman–Crippen MR) is 134 cm³/mol. The second kappa shape index (κ2) is 10.1. The lowest BCUT2D eigenvalue weighted by Gasteiger charge is -2.13. The topological polar surface area (TPSA) is 74.7 Å². The largest absolute Gasteiger partial charge is 0.497 e. The maximum Gasteiger partial charge on any atom is 0.339 e. The summed E-state index contributed by atoms with van der Waals surface area (Å²) in [6.45, 7) is 1.54. The molecule has 0 aliphatic carbocycles. The summed E-state index contributed by atoms with van der Waals surface area (Å²) in [5.74, 6) is 0.307. The highest BCUT2D eigenvalue weighted by atomic mass is 79.9. The molecule has 0 aliphatic rings. The Morgan fingerprint density at radius 2 is 1.62 bits per heavy atom. The molecule has 7 heteroatoms. The van der Waals surface area contributed by atoms with E-state index >= 15 is 0 Å². The number of carbonyl (C=O) groups excluding carboxylic acids is 2. The molecule has 34 heavy (non-hydrogen) atoms. The average molecular weight is 520 g/mol. The SMILES string of the molecule is COc1cccc(C(=O)COC(=O)c2cc(-c3cccc(OC)c3)nc3c(C)cc(Br)cc23)c1. The van der Waals surface area contributed by atoms with E-state index in [0.29, 0.717) is 39.2 Å². The molecular weight excluding hydrogens is 498 g/mol. The summed E-state index contributed by atoms with van der Waals surface area (Å²) in [5, 5.41) is 0.636. The van der Waals surface area contributed by atoms with Crippen LogP contribution in [0.25, 0.3) is 22.2 Å². The van der Waals surface area contributed by atoms with Gasteiger partial charge in [0.25, 0.3) is 0 Å². The first-order chi connectivity index (χ1) is 16.4. The van der Waals surface area contributed by atoms with Gasteiger partial charge in [0.05, 0.1) is 31.0 Å². The number of methoxy groups -OCH3 is 2. The number of pyridine rings is 1. The second-order valence-electron chi connectivity index (χ2n) is 7.64. The smallest absolute Gasteiger partial charge is 0.339 e. The number of fused-ring (bicyclic) bond motifs is 1. The van der Waals surface area contributed by atoms with Crippen LogP contribution in [-0.2, 0) is 4.74 Å². The lowest BCUT2D eigenvalue weighted by molar-refractivity contribution is 0.0476. The van der Waals surface area contributed by atoms with Gasteiger partial charge in [0.1, 0.15) is 11.5 Å². The first-order valence-electron chi connectivity index (χ1n) is 10.5. The fourth-order valence-corrected chi connectivity index (χ4v) is 4.22. The molecule has 1 heterocycles. The van der Waals surface area contributed by atoms with Gasteiger partial charge in [0.2, 0.25) is 0 Å². The summed E-state index contributed by atoms with van der Waals surface area (Å²) in [5.41, 5.74) is 3.70. The molecule has 6 nitrogen and oxygen atoms in total. The molecule has 0 saturated carbocycles. The molecule has 172 valence electrons. The molecule has 4 aromatic rings. The van der Waals surface area contributed by atoms with Crippen molar-refractivity contribution >= 4 is 38.6 Å². The number of hydrogen-bond acceptors (Lipinski definition) is 6. The molecule has 0 radical (unpaired) electrons. The number of esters is 1. The molecule has 0 aliphatic heterocycles. The van der Waals surface area contributed by atoms with Crippen LogP contribution in [0.15, 0.2) is 71.2 Å². The first kappa shape index (κ1) is 23.4. The quantitative estimate of drug-likeness (QED) is 0.219. The van der Waals surface area contributed by atoms with Crippen LogP contribution in [0.2, 0.25) is 0 Å². The van der Waals surface area contributed by atoms with E-state index in [1.54, 1.807) is 37.4 Å². The number of nitrogens with zero attached hydrogens (tertiary/aromatic N) is 1. The summed E-state index contributed by atoms with van der Waals surface area (Å²) in [7, 11) is 3.12. The molecule has 0 fully saturated rings. The number of halogens is 1. The number of carbonyl (C=O) groups is 2. The summed E-state index contributed by atoms with van der Waals surface area (Å²) in [6, 6.07) is 19.6. The molecule has 4 rings (SSSR count). The number of aromatic nitrogens is 1. The normalized spacial score (nSPS) is 10.7. The van der Waals surface area contributed by atoms with Crippen LogP contribution in [-0.4, -0.2) is 37.6 Å². The molecule has 0 spiro atoms. The molecule has 0 unspecified atom stereocenters. The Bertz CT molecular complexity index is 1400. The summed E-state index contributed by atoms with van der Waals surface area (Å²) < 4.78 is 16.8. The Morgan fingerprint density at radius 3 is 2.35 bits per heavy atom. The maximum absolute atomic E-state index is 13.2. The van der Waals surface area contributed by atoms with Crippen LogP contribution in [0.1, 0.15) is 26.3 Å². The number of ketones is 1. The Morgan fingerprint density at radius 1 is 0.912 bits per heavy atom. The predicted octanol–water partition coefficient (Wildman–Crippen LogP) is 6.03. The molecule has 0 saturated heterocycles. The number of hydrogen-bond donors (Lipinski definition) is 0. The zero-order valence-corrected chi connectivity index (χ0v) is 20.5. The van der Waals surface area contributed by atoms with Crippen molar-refractivity contribution < 1.29 is 23.8 Å². The van der Waals surface area contributed by atoms with E-state index in [-0.39, 0.29) is 5.78 Å². The highest BCUT2D eigenvalue weighted by Crippen LogP contribution is 2.31. The third kappa shape index (κ3) is 4.94. The third-order valence-electron chi connectivity index (χ3n) is 5.38. The van der Waals surface area contributed by atoms with E-state index in [1.807, 2.05) is 43.3 Å². The van der Waals surface area contributed by atoms with Crippen molar-refractivity contribution in [3.05, 3.63) is 87.9 Å². The third-order valence-corrected chi connectivity index (χ3v) is 5.84. The van der Waals surface area contributed by atoms with Crippen LogP contribution in [0.4, 0.5) is 0 Å². The van der Waals surface area contributed by atoms with E-state index < -0.39 is 12.6 Å². The highest BCUT2D eigenvalue weighted by Gasteiger charge is 2.19. The molecule has 1 aromatic heterocycles. The Hall–Kier alpha value is -3.71. The van der Waals surface area contributed by atoms with Crippen molar-refractivity contribution in [3.63, 3.8) is 0 Å². The van der Waals surface area contributed by atoms with E-state index in [9.17, 15) is 9.59 Å². The molecule has 0 N–H and O–H groups in total. The van der Waals surface area contributed by atoms with Gasteiger partial charge in [-0.2, -0.15) is 0 Å². The Kier molecular flexibility index (Phi) is 6.93. The second-order valence-corrected chi connectivity index (χ2v) is 8.55. The van der Waals surface area contributed by atoms with E-state index in [0.717, 1.165) is 15.6 Å². The summed E-state index contributed by atoms with van der Waals surface area (Å²) >= 11 is 3.49. The first-order valence-corrected chi connectivity index (χ1v) is 11.3. The zero-order chi connectivity index (χ0) is 24.2. The van der Waals surface area contributed by atoms with Gasteiger partial charge in [0.15, 0.2) is 12.4 Å². The van der Waals surface area contributed by atoms with Gasteiger partial charge in [-0.05, 0) is 55.0 Å². The molecular formula is C27H22BrNO5. The van der Waals surface area contributed by atoms with Crippen molar-refractivity contribution in [1.82, 2.24) is 4.98 Å². The van der Waals surface area contributed by atoms with E-state index in [1.165, 1.54) is 7.11 Å². The number of ether oxygens (including phenoxy) is 3. The average Bonchev–Trinajstić information content (AvgIpc) is 2.86. The minimum atomic E-state index is -0.606. The van der Waals surface area contributed by atoms with Gasteiger partial charge in [-0.15, -0.1) is 0 Å². The van der Waals surface area contributed by atoms with E-state index in [4.69, 9.17) is 19.2 Å². The van der Waals surface area contributed by atoms with Crippen molar-refractivity contribution in [1.29, 1.82) is 0 Å². The monoisotopic (exact) mass is 519 g/mol. The fourth-order valence-electron chi connectivity index (χ4n) is 3.64. The maximum atomic E-state index is 13.2. The number of Topliss-reactive ketones (excluding diaryl/α,β-unsaturated/α-hetero) is 1. The van der Waals surface area contributed by atoms with Crippen molar-refractivity contribution in [2.24, 2.45) is 0 Å². The minimum absolute atomic E-state index is 0.323. The van der Waals surface area contributed by atoms with Crippen molar-refractivity contribution in [3.8, 4) is 22.8 Å². The Labute approximate surface area is 205 Å². The van der Waals surface area contributed by atoms with Gasteiger partial charge >= 0.3 is 5.97 Å². The molecule has 0 bridgehead atoms. The summed E-state index contributed by atoms with van der Waals surface area (Å²) in [6.07, 6.45) is 0. The lowest BCUT2D eigenvalue weighted by Crippen LogP contribution is -2.15. The zero-order valence-electron chi connectivity index (χ0n) is 18.9. The minimum Gasteiger partial charge on any atom is -0.497 e. The number of rotatable bonds is 7. The van der Waals surface area contributed by atoms with Crippen molar-refractivity contribution in [2.45, 2.75) is 6.92 Å². The van der Waals surface area contributed by atoms with Crippen LogP contribution < -0.4 is 9.47 Å². The fraction of sp³-hybridized carbons (Fsp3) is 0.148. The summed E-state index contributed by atoms with van der Waals surface area (Å²) in [4.78, 5) is 30.6. The molecule has 0 amide bonds. The van der Waals surface area contributed by atoms with Gasteiger partial charge in [-0.25, -0.2) is 9.78 Å². The van der Waals surface area contributed by atoms with Crippen LogP contribution in [0.3, 0.4) is 0 Å². The van der Waals surface area contributed by atoms with Gasteiger partial charge in [0, 0.05) is 21.0 Å². The molecule has 3 aromatic carbocycles. The highest BCUT2D eigenvalue weighted by molar-refractivity contribution is 9.10. The van der Waals surface area contributed by atoms with Crippen molar-refractivity contribution in [2.75, 3.05) is 20.8 Å². The standard InChI is InChI=1S/C27H22BrNO5/c1-16-10-19(28)13-22-23(14-24(29-26(16)22)17-6-4-8-20(11-17)32-2)27(31)34-15-25(30)18-7-5-9-21(12-18)33-3/h4-14H,15H2,1-3H3. The van der Waals surface area contributed by atoms with Gasteiger partial charge in [-0.3, -0.25) is 4.79 Å². The molecule has 0 atom stereocenters. The van der Waals surface area contributed by atoms with Crippen LogP contribution >= 0.6 is 15.9 Å². The van der Waals surface area contributed by atoms with Crippen LogP contribution in [0.5, 0.6) is 11.5 Å². The van der Waals surface area contributed by atoms with E-state index in [2.05, 4.69) is 15.9 Å². The Balaban J connectivity index is 1.71. The number of aryl methyl sites for hydroxylation is 1. The lowest BCUT2D eigenvalue weighted by atomic mass is 10.0. The van der Waals surface area contributed by atoms with Crippen LogP contribution in [0, 0.1) is 6.92 Å². The van der Waals surface area contributed by atoms with Gasteiger partial charge in [-0.1, -0.05) is 40.2 Å².